The third-order valence-electron chi connectivity index (χ3n) is 3.31. The molecule has 13 heavy (non-hydrogen) atoms. The molecule has 0 atom stereocenters. The van der Waals surface area contributed by atoms with Crippen LogP contribution in [0.4, 0.5) is 0 Å². The normalized spacial score (nSPS) is 22.8. The summed E-state index contributed by atoms with van der Waals surface area (Å²) in [5.41, 5.74) is 5.52. The molecule has 1 aliphatic rings. The molecule has 0 radical (unpaired) electrons. The van der Waals surface area contributed by atoms with E-state index < -0.39 is 14.5 Å². The predicted octanol–water partition coefficient (Wildman–Crippen LogP) is 4.78. The van der Waals surface area contributed by atoms with E-state index in [0.29, 0.717) is 0 Å². The van der Waals surface area contributed by atoms with Crippen molar-refractivity contribution in [3.8, 4) is 0 Å². The third-order valence-corrected chi connectivity index (χ3v) is 11.0. The summed E-state index contributed by atoms with van der Waals surface area (Å²) in [6.45, 7) is 10.8. The van der Waals surface area contributed by atoms with E-state index in [1.807, 2.05) is 0 Å². The summed E-state index contributed by atoms with van der Waals surface area (Å²) in [5, 5.41) is 0. The Labute approximate surface area is 94.1 Å². The summed E-state index contributed by atoms with van der Waals surface area (Å²) in [4.78, 5) is 0. The van der Waals surface area contributed by atoms with Crippen LogP contribution >= 0.6 is 19.2 Å². The van der Waals surface area contributed by atoms with Crippen LogP contribution in [0, 0.1) is 0 Å². The minimum atomic E-state index is -1.97. The van der Waals surface area contributed by atoms with Crippen molar-refractivity contribution >= 4 is 19.2 Å². The van der Waals surface area contributed by atoms with E-state index in [9.17, 15) is 0 Å². The molecule has 3 heteroatoms. The summed E-state index contributed by atoms with van der Waals surface area (Å²) < 4.78 is 0.0112. The second-order valence-electron chi connectivity index (χ2n) is 3.63. The second kappa shape index (κ2) is 3.70. The maximum absolute atomic E-state index is 6.21. The fourth-order valence-corrected chi connectivity index (χ4v) is 7.07. The van der Waals surface area contributed by atoms with Crippen LogP contribution in [0.3, 0.4) is 0 Å². The van der Waals surface area contributed by atoms with E-state index in [-0.39, 0.29) is 3.93 Å². The molecule has 0 amide bonds. The van der Waals surface area contributed by atoms with Crippen molar-refractivity contribution in [1.82, 2.24) is 0 Å². The molecule has 0 N–H and O–H groups in total. The summed E-state index contributed by atoms with van der Waals surface area (Å²) in [6.07, 6.45) is 0. The molecule has 0 saturated heterocycles. The molecule has 0 aromatic heterocycles. The Balaban J connectivity index is 3.31. The molecule has 0 aromatic rings. The third kappa shape index (κ3) is 1.55. The van der Waals surface area contributed by atoms with Crippen LogP contribution in [-0.2, 0) is 14.5 Å². The average molecular weight is 398 g/mol. The van der Waals surface area contributed by atoms with E-state index in [1.54, 1.807) is 0 Å². The molecule has 0 aliphatic heterocycles. The fourth-order valence-electron chi connectivity index (χ4n) is 1.72. The average Bonchev–Trinajstić information content (AvgIpc) is 2.22. The first-order valence-corrected chi connectivity index (χ1v) is 11.3. The van der Waals surface area contributed by atoms with E-state index in [2.05, 4.69) is 34.6 Å². The van der Waals surface area contributed by atoms with Gasteiger partial charge < -0.3 is 0 Å². The first-order valence-electron chi connectivity index (χ1n) is 4.17. The quantitative estimate of drug-likeness (QED) is 0.597. The van der Waals surface area contributed by atoms with Gasteiger partial charge in [0.2, 0.25) is 0 Å². The molecule has 0 saturated carbocycles. The van der Waals surface area contributed by atoms with Crippen LogP contribution < -0.4 is 0 Å². The van der Waals surface area contributed by atoms with Crippen LogP contribution in [0.1, 0.15) is 34.6 Å². The van der Waals surface area contributed by atoms with E-state index >= 15 is 0 Å². The van der Waals surface area contributed by atoms with Gasteiger partial charge in [-0.05, 0) is 0 Å². The summed E-state index contributed by atoms with van der Waals surface area (Å²) in [5.74, 6) is 0. The van der Waals surface area contributed by atoms with E-state index in [4.69, 9.17) is 19.2 Å². The van der Waals surface area contributed by atoms with E-state index in [0.717, 1.165) is 0 Å². The zero-order chi connectivity index (χ0) is 10.4. The monoisotopic (exact) mass is 398 g/mol. The van der Waals surface area contributed by atoms with Crippen molar-refractivity contribution in [2.24, 2.45) is 0 Å². The van der Waals surface area contributed by atoms with Gasteiger partial charge in [0.05, 0.1) is 0 Å². The minimum absolute atomic E-state index is 0.0112. The second-order valence-corrected chi connectivity index (χ2v) is 12.5. The number of rotatable bonds is 1. The Bertz CT molecular complexity index is 276. The number of halogens is 2. The van der Waals surface area contributed by atoms with Crippen molar-refractivity contribution in [3.05, 3.63) is 22.3 Å². The van der Waals surface area contributed by atoms with Crippen molar-refractivity contribution in [2.45, 2.75) is 38.5 Å². The molecular weight excluding hydrogens is 383 g/mol. The zero-order valence-electron chi connectivity index (χ0n) is 8.59. The molecule has 0 bridgehead atoms. The summed E-state index contributed by atoms with van der Waals surface area (Å²) in [6, 6.07) is 0. The van der Waals surface area contributed by atoms with Gasteiger partial charge in [0.15, 0.2) is 0 Å². The molecule has 1 aliphatic carbocycles. The number of hydrogen-bond acceptors (Lipinski definition) is 0. The number of hydrogen-bond donors (Lipinski definition) is 0. The molecule has 0 spiro atoms. The molecule has 0 heterocycles. The van der Waals surface area contributed by atoms with Crippen LogP contribution in [0.5, 0.6) is 0 Å². The van der Waals surface area contributed by atoms with Crippen LogP contribution in [0.25, 0.3) is 0 Å². The summed E-state index contributed by atoms with van der Waals surface area (Å²) >= 11 is -1.97. The van der Waals surface area contributed by atoms with Gasteiger partial charge in [0, 0.05) is 0 Å². The Morgan fingerprint density at radius 2 is 1.23 bits per heavy atom. The molecule has 1 rings (SSSR count). The van der Waals surface area contributed by atoms with Crippen molar-refractivity contribution in [1.29, 1.82) is 0 Å². The fraction of sp³-hybridized carbons (Fsp3) is 0.600. The van der Waals surface area contributed by atoms with Crippen LogP contribution in [0.15, 0.2) is 22.3 Å². The standard InChI is InChI=1S/C10H15.2ClH.Ir/c1-6-7(2)9(4)10(5)8(6)3;;;/h1-5H3;2*1H;/q;;;+2/p-2. The van der Waals surface area contributed by atoms with Gasteiger partial charge in [0.25, 0.3) is 0 Å². The van der Waals surface area contributed by atoms with Crippen molar-refractivity contribution in [2.75, 3.05) is 0 Å². The zero-order valence-corrected chi connectivity index (χ0v) is 12.5. The van der Waals surface area contributed by atoms with Crippen LogP contribution in [0.2, 0.25) is 3.93 Å². The molecule has 0 unspecified atom stereocenters. The number of allylic oxidation sites excluding steroid dienone is 4. The molecule has 0 nitrogen and oxygen atoms in total. The van der Waals surface area contributed by atoms with Gasteiger partial charge in [-0.25, -0.2) is 0 Å². The van der Waals surface area contributed by atoms with Crippen LogP contribution in [-0.4, -0.2) is 0 Å². The topological polar surface area (TPSA) is 0 Å². The van der Waals surface area contributed by atoms with Gasteiger partial charge in [-0.15, -0.1) is 0 Å². The maximum atomic E-state index is 6.21. The Hall–Kier alpha value is 0.709. The molecular formula is C10H15Cl2Ir. The first kappa shape index (κ1) is 11.8. The predicted molar refractivity (Wildman–Crippen MR) is 56.8 cm³/mol. The molecule has 0 aromatic carbocycles. The van der Waals surface area contributed by atoms with Gasteiger partial charge in [-0.3, -0.25) is 0 Å². The van der Waals surface area contributed by atoms with Crippen molar-refractivity contribution < 1.29 is 14.5 Å². The SMILES string of the molecule is CC1=C(C)[C](C)([Ir]([Cl])[Cl])C(C)=C1C. The van der Waals surface area contributed by atoms with Gasteiger partial charge >= 0.3 is 94.5 Å². The van der Waals surface area contributed by atoms with Gasteiger partial charge in [0.1, 0.15) is 0 Å². The Morgan fingerprint density at radius 3 is 1.38 bits per heavy atom. The van der Waals surface area contributed by atoms with E-state index in [1.165, 1.54) is 22.3 Å². The Kier molecular flexibility index (Phi) is 3.35. The van der Waals surface area contributed by atoms with Gasteiger partial charge in [-0.1, -0.05) is 0 Å². The summed E-state index contributed by atoms with van der Waals surface area (Å²) in [7, 11) is 12.4. The molecule has 0 fully saturated rings. The molecule has 78 valence electrons. The first-order chi connectivity index (χ1) is 5.83. The van der Waals surface area contributed by atoms with Gasteiger partial charge in [-0.2, -0.15) is 0 Å². The Morgan fingerprint density at radius 1 is 0.923 bits per heavy atom. The van der Waals surface area contributed by atoms with Crippen molar-refractivity contribution in [3.63, 3.8) is 0 Å².